The van der Waals surface area contributed by atoms with Crippen molar-refractivity contribution < 1.29 is 13.2 Å². The Kier molecular flexibility index (Phi) is 6.91. The summed E-state index contributed by atoms with van der Waals surface area (Å²) < 4.78 is 26.8. The Balaban J connectivity index is 1.50. The molecule has 1 aromatic carbocycles. The van der Waals surface area contributed by atoms with Gasteiger partial charge in [-0.15, -0.1) is 11.3 Å². The average molecular weight is 426 g/mol. The van der Waals surface area contributed by atoms with Crippen LogP contribution in [0.2, 0.25) is 0 Å². The van der Waals surface area contributed by atoms with Gasteiger partial charge in [0.05, 0.1) is 15.6 Å². The minimum atomic E-state index is -3.47. The second kappa shape index (κ2) is 9.18. The lowest BCUT2D eigenvalue weighted by Gasteiger charge is -2.16. The molecule has 6 nitrogen and oxygen atoms in total. The number of anilines is 1. The fourth-order valence-corrected chi connectivity index (χ4v) is 5.96. The van der Waals surface area contributed by atoms with Crippen LogP contribution in [0, 0.1) is 6.92 Å². The van der Waals surface area contributed by atoms with E-state index < -0.39 is 10.0 Å². The number of hydrogen-bond acceptors (Lipinski definition) is 6. The summed E-state index contributed by atoms with van der Waals surface area (Å²) >= 11 is 3.29. The van der Waals surface area contributed by atoms with Crippen molar-refractivity contribution in [3.63, 3.8) is 0 Å². The van der Waals surface area contributed by atoms with Gasteiger partial charge in [-0.3, -0.25) is 4.79 Å². The molecule has 0 unspecified atom stereocenters. The average Bonchev–Trinajstić information content (AvgIpc) is 3.31. The topological polar surface area (TPSA) is 79.4 Å². The van der Waals surface area contributed by atoms with Crippen LogP contribution in [0.25, 0.3) is 0 Å². The van der Waals surface area contributed by atoms with Gasteiger partial charge in [0, 0.05) is 42.1 Å². The van der Waals surface area contributed by atoms with Gasteiger partial charge in [-0.05, 0) is 38.0 Å². The Labute approximate surface area is 168 Å². The highest BCUT2D eigenvalue weighted by molar-refractivity contribution is 7.98. The third-order valence-corrected chi connectivity index (χ3v) is 7.92. The molecule has 27 heavy (non-hydrogen) atoms. The summed E-state index contributed by atoms with van der Waals surface area (Å²) in [5, 5.41) is 5.88. The number of nitrogens with one attached hydrogen (secondary N) is 1. The second-order valence-corrected chi connectivity index (χ2v) is 10.5. The van der Waals surface area contributed by atoms with Crippen LogP contribution in [-0.2, 0) is 20.6 Å². The predicted molar refractivity (Wildman–Crippen MR) is 111 cm³/mol. The van der Waals surface area contributed by atoms with Gasteiger partial charge >= 0.3 is 0 Å². The Morgan fingerprint density at radius 2 is 2.11 bits per heavy atom. The zero-order valence-corrected chi connectivity index (χ0v) is 17.6. The molecule has 1 saturated heterocycles. The van der Waals surface area contributed by atoms with Crippen molar-refractivity contribution in [1.82, 2.24) is 9.29 Å². The van der Waals surface area contributed by atoms with Gasteiger partial charge in [-0.1, -0.05) is 6.07 Å². The van der Waals surface area contributed by atoms with Crippen molar-refractivity contribution in [2.75, 3.05) is 24.2 Å². The van der Waals surface area contributed by atoms with E-state index in [2.05, 4.69) is 10.3 Å². The molecule has 0 radical (unpaired) electrons. The molecule has 1 N–H and O–H groups in total. The Morgan fingerprint density at radius 3 is 2.81 bits per heavy atom. The molecule has 2 heterocycles. The maximum Gasteiger partial charge on any atom is 0.243 e. The highest BCUT2D eigenvalue weighted by atomic mass is 32.2. The third kappa shape index (κ3) is 5.54. The Hall–Kier alpha value is -1.42. The van der Waals surface area contributed by atoms with Gasteiger partial charge in [0.15, 0.2) is 0 Å². The van der Waals surface area contributed by atoms with Crippen molar-refractivity contribution >= 4 is 44.7 Å². The van der Waals surface area contributed by atoms with E-state index in [9.17, 15) is 13.2 Å². The number of aromatic nitrogens is 1. The van der Waals surface area contributed by atoms with Gasteiger partial charge < -0.3 is 5.32 Å². The maximum atomic E-state index is 12.6. The number of thioether (sulfide) groups is 1. The zero-order chi connectivity index (χ0) is 19.3. The standard InChI is InChI=1S/C18H23N3O3S3/c1-14-19-16(13-26-14)12-25-10-7-18(22)20-15-5-4-6-17(11-15)27(23,24)21-8-2-3-9-21/h4-6,11,13H,2-3,7-10,12H2,1H3,(H,20,22). The van der Waals surface area contributed by atoms with E-state index in [1.807, 2.05) is 12.3 Å². The summed E-state index contributed by atoms with van der Waals surface area (Å²) in [5.41, 5.74) is 1.56. The van der Waals surface area contributed by atoms with Crippen LogP contribution in [0.5, 0.6) is 0 Å². The van der Waals surface area contributed by atoms with Crippen LogP contribution in [0.4, 0.5) is 5.69 Å². The van der Waals surface area contributed by atoms with E-state index in [1.54, 1.807) is 41.3 Å². The number of carbonyl (C=O) groups excluding carboxylic acids is 1. The van der Waals surface area contributed by atoms with E-state index in [1.165, 1.54) is 10.4 Å². The first-order valence-electron chi connectivity index (χ1n) is 8.84. The van der Waals surface area contributed by atoms with Crippen LogP contribution >= 0.6 is 23.1 Å². The second-order valence-electron chi connectivity index (χ2n) is 6.35. The van der Waals surface area contributed by atoms with Crippen molar-refractivity contribution in [1.29, 1.82) is 0 Å². The summed E-state index contributed by atoms with van der Waals surface area (Å²) in [6, 6.07) is 6.50. The first-order valence-corrected chi connectivity index (χ1v) is 12.3. The molecular weight excluding hydrogens is 402 g/mol. The lowest BCUT2D eigenvalue weighted by molar-refractivity contribution is -0.115. The third-order valence-electron chi connectivity index (χ3n) is 4.21. The van der Waals surface area contributed by atoms with Crippen molar-refractivity contribution in [3.8, 4) is 0 Å². The number of aryl methyl sites for hydroxylation is 1. The molecule has 1 aliphatic rings. The first kappa shape index (κ1) is 20.3. The number of sulfonamides is 1. The first-order chi connectivity index (χ1) is 12.9. The van der Waals surface area contributed by atoms with Gasteiger partial charge in [-0.2, -0.15) is 16.1 Å². The highest BCUT2D eigenvalue weighted by Crippen LogP contribution is 2.23. The molecule has 3 rings (SSSR count). The molecular formula is C18H23N3O3S3. The Morgan fingerprint density at radius 1 is 1.33 bits per heavy atom. The smallest absolute Gasteiger partial charge is 0.243 e. The monoisotopic (exact) mass is 425 g/mol. The zero-order valence-electron chi connectivity index (χ0n) is 15.2. The number of carbonyl (C=O) groups is 1. The van der Waals surface area contributed by atoms with E-state index in [0.717, 1.165) is 29.3 Å². The minimum Gasteiger partial charge on any atom is -0.326 e. The quantitative estimate of drug-likeness (QED) is 0.655. The summed E-state index contributed by atoms with van der Waals surface area (Å²) in [7, 11) is -3.47. The number of amides is 1. The molecule has 0 atom stereocenters. The normalized spacial score (nSPS) is 15.1. The van der Waals surface area contributed by atoms with E-state index in [4.69, 9.17) is 0 Å². The van der Waals surface area contributed by atoms with Crippen molar-refractivity contribution in [2.45, 2.75) is 36.8 Å². The molecule has 2 aromatic rings. The lowest BCUT2D eigenvalue weighted by atomic mass is 10.3. The molecule has 1 aromatic heterocycles. The fraction of sp³-hybridized carbons (Fsp3) is 0.444. The number of benzene rings is 1. The molecule has 0 aliphatic carbocycles. The fourth-order valence-electron chi connectivity index (χ4n) is 2.85. The van der Waals surface area contributed by atoms with Crippen LogP contribution in [-0.4, -0.2) is 42.5 Å². The van der Waals surface area contributed by atoms with Crippen LogP contribution < -0.4 is 5.32 Å². The van der Waals surface area contributed by atoms with Crippen molar-refractivity contribution in [2.24, 2.45) is 0 Å². The molecule has 1 aliphatic heterocycles. The molecule has 1 fully saturated rings. The number of thiazole rings is 1. The minimum absolute atomic E-state index is 0.118. The predicted octanol–water partition coefficient (Wildman–Crippen LogP) is 3.50. The highest BCUT2D eigenvalue weighted by Gasteiger charge is 2.27. The van der Waals surface area contributed by atoms with Gasteiger partial charge in [0.2, 0.25) is 15.9 Å². The Bertz CT molecular complexity index is 890. The number of rotatable bonds is 8. The summed E-state index contributed by atoms with van der Waals surface area (Å²) in [4.78, 5) is 16.8. The summed E-state index contributed by atoms with van der Waals surface area (Å²) in [6.07, 6.45) is 2.17. The molecule has 0 spiro atoms. The van der Waals surface area contributed by atoms with Crippen LogP contribution in [0.15, 0.2) is 34.5 Å². The van der Waals surface area contributed by atoms with E-state index in [-0.39, 0.29) is 10.8 Å². The van der Waals surface area contributed by atoms with Crippen LogP contribution in [0.3, 0.4) is 0 Å². The largest absolute Gasteiger partial charge is 0.326 e. The van der Waals surface area contributed by atoms with E-state index >= 15 is 0 Å². The summed E-state index contributed by atoms with van der Waals surface area (Å²) in [5.74, 6) is 1.36. The summed E-state index contributed by atoms with van der Waals surface area (Å²) in [6.45, 7) is 3.10. The molecule has 1 amide bonds. The number of hydrogen-bond donors (Lipinski definition) is 1. The van der Waals surface area contributed by atoms with Crippen LogP contribution in [0.1, 0.15) is 30.0 Å². The molecule has 146 valence electrons. The van der Waals surface area contributed by atoms with Gasteiger partial charge in [0.1, 0.15) is 0 Å². The SMILES string of the molecule is Cc1nc(CSCCC(=O)Nc2cccc(S(=O)(=O)N3CCCC3)c2)cs1. The van der Waals surface area contributed by atoms with Gasteiger partial charge in [-0.25, -0.2) is 13.4 Å². The van der Waals surface area contributed by atoms with Gasteiger partial charge in [0.25, 0.3) is 0 Å². The lowest BCUT2D eigenvalue weighted by Crippen LogP contribution is -2.27. The molecule has 0 bridgehead atoms. The maximum absolute atomic E-state index is 12.6. The number of nitrogens with zero attached hydrogens (tertiary/aromatic N) is 2. The molecule has 9 heteroatoms. The van der Waals surface area contributed by atoms with Crippen molar-refractivity contribution in [3.05, 3.63) is 40.3 Å². The van der Waals surface area contributed by atoms with E-state index in [0.29, 0.717) is 31.0 Å². The molecule has 0 saturated carbocycles.